The molecule has 0 atom stereocenters. The number of nitrogens with one attached hydrogen (secondary N) is 1. The minimum Gasteiger partial charge on any atom is -0.445 e. The number of aromatic nitrogens is 4. The van der Waals surface area contributed by atoms with E-state index >= 15 is 0 Å². The third-order valence-corrected chi connectivity index (χ3v) is 11.5. The van der Waals surface area contributed by atoms with E-state index in [0.717, 1.165) is 63.8 Å². The minimum absolute atomic E-state index is 0.0375. The van der Waals surface area contributed by atoms with Gasteiger partial charge in [-0.15, -0.1) is 22.7 Å². The van der Waals surface area contributed by atoms with E-state index in [1.165, 1.54) is 9.75 Å². The van der Waals surface area contributed by atoms with Gasteiger partial charge in [0.15, 0.2) is 0 Å². The number of likely N-dealkylation sites (tertiary alicyclic amines) is 2. The molecule has 2 aliphatic heterocycles. The minimum atomic E-state index is -0.537. The summed E-state index contributed by atoms with van der Waals surface area (Å²) in [5, 5.41) is 12.2. The summed E-state index contributed by atoms with van der Waals surface area (Å²) < 4.78 is 8.20. The smallest absolute Gasteiger partial charge is 0.410 e. The van der Waals surface area contributed by atoms with Gasteiger partial charge in [0.05, 0.1) is 20.1 Å². The number of halogens is 2. The Hall–Kier alpha value is -3.45. The van der Waals surface area contributed by atoms with Crippen LogP contribution in [0, 0.1) is 10.8 Å². The van der Waals surface area contributed by atoms with Gasteiger partial charge in [0.2, 0.25) is 5.91 Å². The Bertz CT molecular complexity index is 1870. The fraction of sp³-hybridized carbons (Fsp3) is 0.500. The predicted molar refractivity (Wildman–Crippen MR) is 209 cm³/mol. The van der Waals surface area contributed by atoms with Crippen molar-refractivity contribution in [3.8, 4) is 0 Å². The van der Waals surface area contributed by atoms with Crippen LogP contribution in [0.5, 0.6) is 0 Å². The van der Waals surface area contributed by atoms with Crippen molar-refractivity contribution in [2.45, 2.75) is 79.1 Å². The van der Waals surface area contributed by atoms with E-state index in [1.54, 1.807) is 38.3 Å². The molecule has 0 bridgehead atoms. The molecule has 4 aromatic heterocycles. The molecule has 6 rings (SSSR count). The first-order valence-corrected chi connectivity index (χ1v) is 19.9. The molecule has 0 saturated carbocycles. The lowest BCUT2D eigenvalue weighted by atomic mass is 9.89. The first kappa shape index (κ1) is 39.8. The van der Waals surface area contributed by atoms with Crippen LogP contribution in [-0.2, 0) is 35.2 Å². The Morgan fingerprint density at radius 2 is 1.38 bits per heavy atom. The molecule has 6 heterocycles. The first-order valence-electron chi connectivity index (χ1n) is 17.5. The molecular formula is C38H48Cl2N6O4S2. The molecule has 280 valence electrons. The van der Waals surface area contributed by atoms with E-state index in [1.807, 2.05) is 70.7 Å². The van der Waals surface area contributed by atoms with E-state index in [0.29, 0.717) is 25.4 Å². The van der Waals surface area contributed by atoms with Crippen molar-refractivity contribution >= 4 is 63.8 Å². The summed E-state index contributed by atoms with van der Waals surface area (Å²) in [7, 11) is 0. The van der Waals surface area contributed by atoms with Gasteiger partial charge in [-0.1, -0.05) is 77.4 Å². The highest BCUT2D eigenvalue weighted by molar-refractivity contribution is 7.16. The highest BCUT2D eigenvalue weighted by Gasteiger charge is 2.38. The number of thiophene rings is 2. The largest absolute Gasteiger partial charge is 0.445 e. The molecule has 10 nitrogen and oxygen atoms in total. The quantitative estimate of drug-likeness (QED) is 0.161. The van der Waals surface area contributed by atoms with Crippen molar-refractivity contribution in [3.05, 3.63) is 90.3 Å². The summed E-state index contributed by atoms with van der Waals surface area (Å²) in [5.74, 6) is 0.654. The van der Waals surface area contributed by atoms with E-state index in [4.69, 9.17) is 27.9 Å². The Morgan fingerprint density at radius 1 is 0.827 bits per heavy atom. The maximum Gasteiger partial charge on any atom is 0.410 e. The van der Waals surface area contributed by atoms with E-state index in [2.05, 4.69) is 34.0 Å². The van der Waals surface area contributed by atoms with Gasteiger partial charge in [0.1, 0.15) is 6.61 Å². The Labute approximate surface area is 324 Å². The molecule has 2 fully saturated rings. The van der Waals surface area contributed by atoms with Crippen molar-refractivity contribution in [2.75, 3.05) is 32.8 Å². The van der Waals surface area contributed by atoms with Gasteiger partial charge in [-0.3, -0.25) is 14.7 Å². The molecule has 0 aromatic carbocycles. The van der Waals surface area contributed by atoms with Crippen molar-refractivity contribution < 1.29 is 19.1 Å². The van der Waals surface area contributed by atoms with Gasteiger partial charge in [0.25, 0.3) is 5.91 Å². The highest BCUT2D eigenvalue weighted by atomic mass is 35.5. The molecule has 0 aliphatic carbocycles. The number of carbonyl (C=O) groups is 3. The summed E-state index contributed by atoms with van der Waals surface area (Å²) in [6, 6.07) is 12.0. The van der Waals surface area contributed by atoms with Gasteiger partial charge in [-0.05, 0) is 62.1 Å². The second-order valence-corrected chi connectivity index (χ2v) is 19.0. The Balaban J connectivity index is 0.000000206. The Morgan fingerprint density at radius 3 is 1.92 bits per heavy atom. The number of aryl methyl sites for hydroxylation is 4. The summed E-state index contributed by atoms with van der Waals surface area (Å²) >= 11 is 15.2. The van der Waals surface area contributed by atoms with E-state index in [-0.39, 0.29) is 35.8 Å². The number of hydrogen-bond donors (Lipinski definition) is 1. The van der Waals surface area contributed by atoms with Crippen LogP contribution in [0.1, 0.15) is 90.7 Å². The second-order valence-electron chi connectivity index (χ2n) is 15.4. The van der Waals surface area contributed by atoms with Crippen LogP contribution in [-0.4, -0.2) is 80.5 Å². The molecule has 52 heavy (non-hydrogen) atoms. The zero-order valence-corrected chi connectivity index (χ0v) is 33.9. The molecule has 0 unspecified atom stereocenters. The maximum absolute atomic E-state index is 12.9. The van der Waals surface area contributed by atoms with Crippen LogP contribution in [0.2, 0.25) is 8.67 Å². The number of rotatable bonds is 10. The van der Waals surface area contributed by atoms with Gasteiger partial charge >= 0.3 is 6.09 Å². The SMILES string of the molecule is C=CCOC(=O)N1CC(c2cc(CCc3ccc(Cl)s3)n(C(=O)C(C)(C)C)n2)C1.CC(C)(C)C(=O)N1CC(c2cc(CCc3ccc(Cl)s3)[nH]n2)C1. The summed E-state index contributed by atoms with van der Waals surface area (Å²) in [6.07, 6.45) is 4.59. The van der Waals surface area contributed by atoms with Crippen molar-refractivity contribution in [1.82, 2.24) is 29.8 Å². The lowest BCUT2D eigenvalue weighted by molar-refractivity contribution is -0.144. The van der Waals surface area contributed by atoms with Crippen LogP contribution in [0.15, 0.2) is 49.1 Å². The lowest BCUT2D eigenvalue weighted by Crippen LogP contribution is -2.52. The Kier molecular flexibility index (Phi) is 12.8. The highest BCUT2D eigenvalue weighted by Crippen LogP contribution is 2.32. The van der Waals surface area contributed by atoms with Crippen LogP contribution < -0.4 is 0 Å². The number of ether oxygens (including phenoxy) is 1. The predicted octanol–water partition coefficient (Wildman–Crippen LogP) is 8.67. The van der Waals surface area contributed by atoms with Crippen molar-refractivity contribution in [2.24, 2.45) is 10.8 Å². The van der Waals surface area contributed by atoms with Crippen LogP contribution in [0.4, 0.5) is 4.79 Å². The molecule has 2 aliphatic rings. The molecule has 2 amide bonds. The number of nitrogens with zero attached hydrogens (tertiary/aromatic N) is 5. The number of amides is 2. The monoisotopic (exact) mass is 786 g/mol. The average Bonchev–Trinajstić information content (AvgIpc) is 3.84. The standard InChI is InChI=1S/C21H26ClN3O3S.C17H22ClN3OS/c1-5-10-28-20(27)24-12-14(13-24)17-11-15(6-7-16-8-9-18(22)29-16)25(23-17)19(26)21(2,3)4;1-17(2,3)16(22)21-9-11(10-21)14-8-12(19-20-14)4-5-13-6-7-15(18)23-13/h5,8-9,11,14H,1,6-7,10,12-13H2,2-4H3;6-8,11H,4-5,9-10H2,1-3H3,(H,19,20). The van der Waals surface area contributed by atoms with Gasteiger partial charge in [0, 0.05) is 70.0 Å². The third-order valence-electron chi connectivity index (χ3n) is 8.92. The van der Waals surface area contributed by atoms with Crippen LogP contribution >= 0.6 is 45.9 Å². The van der Waals surface area contributed by atoms with Crippen molar-refractivity contribution in [3.63, 3.8) is 0 Å². The molecular weight excluding hydrogens is 739 g/mol. The van der Waals surface area contributed by atoms with Gasteiger partial charge < -0.3 is 14.5 Å². The van der Waals surface area contributed by atoms with Crippen LogP contribution in [0.3, 0.4) is 0 Å². The maximum atomic E-state index is 12.9. The zero-order valence-electron chi connectivity index (χ0n) is 30.7. The number of carbonyl (C=O) groups excluding carboxylic acids is 3. The summed E-state index contributed by atoms with van der Waals surface area (Å²) in [4.78, 5) is 43.0. The fourth-order valence-electron chi connectivity index (χ4n) is 5.85. The molecule has 0 spiro atoms. The third kappa shape index (κ3) is 10.1. The molecule has 0 radical (unpaired) electrons. The fourth-order valence-corrected chi connectivity index (χ4v) is 8.03. The van der Waals surface area contributed by atoms with Crippen LogP contribution in [0.25, 0.3) is 0 Å². The lowest BCUT2D eigenvalue weighted by Gasteiger charge is -2.41. The molecule has 2 saturated heterocycles. The topological polar surface area (TPSA) is 113 Å². The van der Waals surface area contributed by atoms with E-state index in [9.17, 15) is 14.4 Å². The molecule has 14 heteroatoms. The van der Waals surface area contributed by atoms with Gasteiger partial charge in [-0.2, -0.15) is 10.2 Å². The van der Waals surface area contributed by atoms with Crippen molar-refractivity contribution in [1.29, 1.82) is 0 Å². The zero-order chi connectivity index (χ0) is 37.8. The summed E-state index contributed by atoms with van der Waals surface area (Å²) in [6.45, 7) is 17.9. The summed E-state index contributed by atoms with van der Waals surface area (Å²) in [5.41, 5.74) is 3.10. The number of aromatic amines is 1. The second kappa shape index (κ2) is 16.7. The number of hydrogen-bond acceptors (Lipinski definition) is 8. The number of H-pyrrole nitrogens is 1. The molecule has 4 aromatic rings. The normalized spacial score (nSPS) is 15.1. The first-order chi connectivity index (χ1) is 24.5. The molecule has 1 N–H and O–H groups in total. The van der Waals surface area contributed by atoms with Gasteiger partial charge in [-0.25, -0.2) is 9.48 Å². The average molecular weight is 788 g/mol. The van der Waals surface area contributed by atoms with E-state index < -0.39 is 5.41 Å².